The summed E-state index contributed by atoms with van der Waals surface area (Å²) in [5.41, 5.74) is 1.51. The van der Waals surface area contributed by atoms with Crippen molar-refractivity contribution in [2.24, 2.45) is 0 Å². The first-order valence-electron chi connectivity index (χ1n) is 5.78. The van der Waals surface area contributed by atoms with Crippen LogP contribution in [0, 0.1) is 0 Å². The summed E-state index contributed by atoms with van der Waals surface area (Å²) in [6.45, 7) is 6.68. The highest BCUT2D eigenvalue weighted by molar-refractivity contribution is 9.11. The molecule has 1 aromatic heterocycles. The fourth-order valence-corrected chi connectivity index (χ4v) is 2.45. The van der Waals surface area contributed by atoms with Crippen LogP contribution in [0.15, 0.2) is 28.2 Å². The van der Waals surface area contributed by atoms with Crippen LogP contribution in [0.25, 0.3) is 0 Å². The lowest BCUT2D eigenvalue weighted by Gasteiger charge is -2.23. The van der Waals surface area contributed by atoms with E-state index in [0.29, 0.717) is 5.19 Å². The van der Waals surface area contributed by atoms with Gasteiger partial charge in [-0.2, -0.15) is 0 Å². The van der Waals surface area contributed by atoms with Crippen LogP contribution in [0.3, 0.4) is 0 Å². The van der Waals surface area contributed by atoms with Crippen molar-refractivity contribution < 1.29 is 4.74 Å². The molecule has 0 radical (unpaired) electrons. The smallest absolute Gasteiger partial charge is 0.300 e. The highest BCUT2D eigenvalue weighted by Crippen LogP contribution is 2.31. The van der Waals surface area contributed by atoms with Crippen LogP contribution in [-0.2, 0) is 5.41 Å². The number of benzene rings is 1. The molecule has 5 heteroatoms. The molecule has 1 heterocycles. The number of halogens is 1. The Kier molecular flexibility index (Phi) is 4.02. The minimum atomic E-state index is 0.199. The fraction of sp³-hybridized carbons (Fsp3) is 0.385. The molecule has 2 rings (SSSR count). The van der Waals surface area contributed by atoms with Gasteiger partial charge in [0, 0.05) is 0 Å². The van der Waals surface area contributed by atoms with E-state index in [1.165, 1.54) is 16.9 Å². The summed E-state index contributed by atoms with van der Waals surface area (Å²) in [4.78, 5) is 0. The predicted octanol–water partition coefficient (Wildman–Crippen LogP) is 4.78. The second-order valence-electron chi connectivity index (χ2n) is 4.68. The predicted molar refractivity (Wildman–Crippen MR) is 77.4 cm³/mol. The van der Waals surface area contributed by atoms with Crippen LogP contribution >= 0.6 is 27.3 Å². The number of rotatable bonds is 4. The van der Waals surface area contributed by atoms with E-state index >= 15 is 0 Å². The van der Waals surface area contributed by atoms with Gasteiger partial charge in [-0.05, 0) is 56.8 Å². The molecule has 0 aliphatic heterocycles. The summed E-state index contributed by atoms with van der Waals surface area (Å²) in [6.07, 6.45) is 1.11. The SMILES string of the molecule is CCC(C)(C)c1ccc(Oc2nnc(Br)s2)cc1. The number of hydrogen-bond acceptors (Lipinski definition) is 4. The molecule has 0 fully saturated rings. The number of ether oxygens (including phenoxy) is 1. The van der Waals surface area contributed by atoms with Crippen LogP contribution < -0.4 is 4.74 Å². The summed E-state index contributed by atoms with van der Waals surface area (Å²) >= 11 is 4.63. The standard InChI is InChI=1S/C13H15BrN2OS/c1-4-13(2,3)9-5-7-10(8-6-9)17-12-16-15-11(14)18-12/h5-8H,4H2,1-3H3. The van der Waals surface area contributed by atoms with Gasteiger partial charge in [0.2, 0.25) is 0 Å². The first-order chi connectivity index (χ1) is 8.51. The molecule has 96 valence electrons. The molecule has 0 saturated carbocycles. The highest BCUT2D eigenvalue weighted by Gasteiger charge is 2.17. The molecule has 0 unspecified atom stereocenters. The Balaban J connectivity index is 2.13. The lowest BCUT2D eigenvalue weighted by Crippen LogP contribution is -2.14. The molecule has 0 atom stereocenters. The highest BCUT2D eigenvalue weighted by atomic mass is 79.9. The molecule has 18 heavy (non-hydrogen) atoms. The first-order valence-corrected chi connectivity index (χ1v) is 7.39. The minimum absolute atomic E-state index is 0.199. The van der Waals surface area contributed by atoms with E-state index in [0.717, 1.165) is 16.1 Å². The van der Waals surface area contributed by atoms with Crippen LogP contribution in [0.2, 0.25) is 0 Å². The molecule has 0 amide bonds. The van der Waals surface area contributed by atoms with E-state index in [1.54, 1.807) is 0 Å². The van der Waals surface area contributed by atoms with Crippen molar-refractivity contribution in [3.63, 3.8) is 0 Å². The minimum Gasteiger partial charge on any atom is -0.430 e. The molecule has 0 aliphatic carbocycles. The lowest BCUT2D eigenvalue weighted by molar-refractivity contribution is 0.470. The van der Waals surface area contributed by atoms with E-state index in [4.69, 9.17) is 4.74 Å². The van der Waals surface area contributed by atoms with Gasteiger partial charge in [0.1, 0.15) is 5.75 Å². The third-order valence-corrected chi connectivity index (χ3v) is 4.34. The average molecular weight is 327 g/mol. The molecular formula is C13H15BrN2OS. The zero-order chi connectivity index (χ0) is 13.2. The van der Waals surface area contributed by atoms with Crippen molar-refractivity contribution in [1.82, 2.24) is 10.2 Å². The van der Waals surface area contributed by atoms with Gasteiger partial charge < -0.3 is 4.74 Å². The third kappa shape index (κ3) is 3.09. The zero-order valence-corrected chi connectivity index (χ0v) is 13.0. The fourth-order valence-electron chi connectivity index (χ4n) is 1.51. The Bertz CT molecular complexity index is 522. The maximum Gasteiger partial charge on any atom is 0.300 e. The van der Waals surface area contributed by atoms with Crippen LogP contribution in [0.4, 0.5) is 0 Å². The van der Waals surface area contributed by atoms with E-state index in [2.05, 4.69) is 59.0 Å². The van der Waals surface area contributed by atoms with Crippen LogP contribution in [0.1, 0.15) is 32.8 Å². The summed E-state index contributed by atoms with van der Waals surface area (Å²) in [5, 5.41) is 8.29. The van der Waals surface area contributed by atoms with Crippen molar-refractivity contribution in [2.75, 3.05) is 0 Å². The van der Waals surface area contributed by atoms with E-state index in [-0.39, 0.29) is 5.41 Å². The first kappa shape index (κ1) is 13.5. The third-order valence-electron chi connectivity index (χ3n) is 3.11. The lowest BCUT2D eigenvalue weighted by atomic mass is 9.82. The largest absolute Gasteiger partial charge is 0.430 e. The van der Waals surface area contributed by atoms with Gasteiger partial charge in [0.25, 0.3) is 5.19 Å². The Labute approximate surface area is 119 Å². The summed E-state index contributed by atoms with van der Waals surface area (Å²) < 4.78 is 6.34. The molecule has 0 N–H and O–H groups in total. The Morgan fingerprint density at radius 3 is 2.39 bits per heavy atom. The second-order valence-corrected chi connectivity index (χ2v) is 6.90. The maximum absolute atomic E-state index is 5.62. The molecule has 1 aromatic carbocycles. The summed E-state index contributed by atoms with van der Waals surface area (Å²) in [5.74, 6) is 0.786. The molecule has 0 spiro atoms. The van der Waals surface area contributed by atoms with Crippen LogP contribution in [-0.4, -0.2) is 10.2 Å². The van der Waals surface area contributed by atoms with Gasteiger partial charge in [-0.15, -0.1) is 5.10 Å². The summed E-state index contributed by atoms with van der Waals surface area (Å²) in [7, 11) is 0. The van der Waals surface area contributed by atoms with Gasteiger partial charge in [-0.1, -0.05) is 38.0 Å². The van der Waals surface area contributed by atoms with Gasteiger partial charge in [0.15, 0.2) is 3.92 Å². The monoisotopic (exact) mass is 326 g/mol. The van der Waals surface area contributed by atoms with Crippen molar-refractivity contribution in [3.05, 3.63) is 33.7 Å². The van der Waals surface area contributed by atoms with Gasteiger partial charge in [-0.25, -0.2) is 0 Å². The molecule has 2 aromatic rings. The van der Waals surface area contributed by atoms with Crippen molar-refractivity contribution in [1.29, 1.82) is 0 Å². The van der Waals surface area contributed by atoms with Gasteiger partial charge in [-0.3, -0.25) is 0 Å². The second kappa shape index (κ2) is 5.36. The number of nitrogens with zero attached hydrogens (tertiary/aromatic N) is 2. The number of aromatic nitrogens is 2. The quantitative estimate of drug-likeness (QED) is 0.810. The van der Waals surface area contributed by atoms with E-state index < -0.39 is 0 Å². The Hall–Kier alpha value is -0.940. The molecule has 0 saturated heterocycles. The molecule has 0 bridgehead atoms. The maximum atomic E-state index is 5.62. The van der Waals surface area contributed by atoms with Crippen molar-refractivity contribution in [3.8, 4) is 10.9 Å². The van der Waals surface area contributed by atoms with Crippen molar-refractivity contribution in [2.45, 2.75) is 32.6 Å². The van der Waals surface area contributed by atoms with Gasteiger partial charge >= 0.3 is 0 Å². The number of hydrogen-bond donors (Lipinski definition) is 0. The topological polar surface area (TPSA) is 35.0 Å². The zero-order valence-electron chi connectivity index (χ0n) is 10.6. The Morgan fingerprint density at radius 1 is 1.22 bits per heavy atom. The van der Waals surface area contributed by atoms with Crippen LogP contribution in [0.5, 0.6) is 10.9 Å². The van der Waals surface area contributed by atoms with E-state index in [1.807, 2.05) is 12.1 Å². The molecular weight excluding hydrogens is 312 g/mol. The molecule has 3 nitrogen and oxygen atoms in total. The average Bonchev–Trinajstić information content (AvgIpc) is 2.75. The van der Waals surface area contributed by atoms with Crippen molar-refractivity contribution >= 4 is 27.3 Å². The molecule has 0 aliphatic rings. The summed E-state index contributed by atoms with van der Waals surface area (Å²) in [6, 6.07) is 8.16. The van der Waals surface area contributed by atoms with Gasteiger partial charge in [0.05, 0.1) is 0 Å². The Morgan fingerprint density at radius 2 is 1.89 bits per heavy atom. The normalized spacial score (nSPS) is 11.6. The van der Waals surface area contributed by atoms with E-state index in [9.17, 15) is 0 Å².